The second-order valence-corrected chi connectivity index (χ2v) is 6.40. The van der Waals surface area contributed by atoms with Crippen molar-refractivity contribution in [2.45, 2.75) is 25.7 Å². The molecule has 2 amide bonds. The van der Waals surface area contributed by atoms with Crippen molar-refractivity contribution in [1.29, 1.82) is 0 Å². The minimum absolute atomic E-state index is 0.00362. The van der Waals surface area contributed by atoms with E-state index in [2.05, 4.69) is 10.6 Å². The van der Waals surface area contributed by atoms with Crippen LogP contribution in [0.2, 0.25) is 5.02 Å². The molecule has 2 atom stereocenters. The average Bonchev–Trinajstić information content (AvgIpc) is 3.03. The van der Waals surface area contributed by atoms with Gasteiger partial charge >= 0.3 is 0 Å². The highest BCUT2D eigenvalue weighted by Gasteiger charge is 2.31. The van der Waals surface area contributed by atoms with Gasteiger partial charge in [0.1, 0.15) is 5.75 Å². The zero-order valence-electron chi connectivity index (χ0n) is 13.8. The molecule has 132 valence electrons. The van der Waals surface area contributed by atoms with Crippen molar-refractivity contribution in [2.75, 3.05) is 25.5 Å². The lowest BCUT2D eigenvalue weighted by Crippen LogP contribution is -2.36. The van der Waals surface area contributed by atoms with E-state index in [1.807, 2.05) is 0 Å². The van der Waals surface area contributed by atoms with E-state index in [-0.39, 0.29) is 30.1 Å². The van der Waals surface area contributed by atoms with Crippen LogP contribution in [0.25, 0.3) is 0 Å². The molecule has 0 saturated heterocycles. The summed E-state index contributed by atoms with van der Waals surface area (Å²) in [7, 11) is 1.52. The molecule has 6 nitrogen and oxygen atoms in total. The molecule has 0 spiro atoms. The van der Waals surface area contributed by atoms with Crippen LogP contribution in [0.15, 0.2) is 18.2 Å². The van der Waals surface area contributed by atoms with Crippen LogP contribution in [0.1, 0.15) is 25.7 Å². The maximum absolute atomic E-state index is 12.2. The summed E-state index contributed by atoms with van der Waals surface area (Å²) in [5, 5.41) is 6.09. The molecule has 7 heteroatoms. The van der Waals surface area contributed by atoms with E-state index < -0.39 is 0 Å². The van der Waals surface area contributed by atoms with Crippen molar-refractivity contribution in [3.05, 3.63) is 23.2 Å². The summed E-state index contributed by atoms with van der Waals surface area (Å²) in [5.41, 5.74) is 6.21. The zero-order chi connectivity index (χ0) is 17.5. The van der Waals surface area contributed by atoms with Gasteiger partial charge in [0.2, 0.25) is 11.8 Å². The third kappa shape index (κ3) is 4.85. The van der Waals surface area contributed by atoms with Gasteiger partial charge in [-0.3, -0.25) is 9.59 Å². The van der Waals surface area contributed by atoms with Crippen LogP contribution in [-0.2, 0) is 9.59 Å². The molecule has 1 aliphatic rings. The van der Waals surface area contributed by atoms with Crippen LogP contribution < -0.4 is 21.1 Å². The Kier molecular flexibility index (Phi) is 6.87. The molecule has 2 rings (SSSR count). The fourth-order valence-electron chi connectivity index (χ4n) is 3.09. The Morgan fingerprint density at radius 2 is 2.17 bits per heavy atom. The van der Waals surface area contributed by atoms with E-state index in [1.54, 1.807) is 18.2 Å². The molecule has 0 heterocycles. The predicted molar refractivity (Wildman–Crippen MR) is 94.1 cm³/mol. The lowest BCUT2D eigenvalue weighted by Gasteiger charge is -2.17. The monoisotopic (exact) mass is 353 g/mol. The molecule has 1 aliphatic carbocycles. The van der Waals surface area contributed by atoms with E-state index in [0.29, 0.717) is 29.5 Å². The third-order valence-electron chi connectivity index (χ3n) is 4.39. The average molecular weight is 354 g/mol. The number of nitrogens with one attached hydrogen (secondary N) is 2. The number of rotatable bonds is 7. The van der Waals surface area contributed by atoms with Gasteiger partial charge in [-0.05, 0) is 43.5 Å². The van der Waals surface area contributed by atoms with Gasteiger partial charge in [0.15, 0.2) is 0 Å². The minimum atomic E-state index is -0.210. The summed E-state index contributed by atoms with van der Waals surface area (Å²) in [5.74, 6) is 0.558. The number of halogens is 1. The lowest BCUT2D eigenvalue weighted by atomic mass is 9.95. The van der Waals surface area contributed by atoms with E-state index >= 15 is 0 Å². The number of ether oxygens (including phenoxy) is 1. The number of carbonyl (C=O) groups excluding carboxylic acids is 2. The number of carbonyl (C=O) groups is 2. The van der Waals surface area contributed by atoms with Crippen molar-refractivity contribution >= 4 is 29.1 Å². The molecule has 0 aliphatic heterocycles. The van der Waals surface area contributed by atoms with E-state index in [1.165, 1.54) is 7.11 Å². The first-order valence-corrected chi connectivity index (χ1v) is 8.54. The lowest BCUT2D eigenvalue weighted by molar-refractivity contribution is -0.126. The summed E-state index contributed by atoms with van der Waals surface area (Å²) in [6.45, 7) is 0.828. The molecule has 0 unspecified atom stereocenters. The fraction of sp³-hybridized carbons (Fsp3) is 0.529. The van der Waals surface area contributed by atoms with Gasteiger partial charge in [0.05, 0.1) is 12.8 Å². The Morgan fingerprint density at radius 3 is 2.88 bits per heavy atom. The summed E-state index contributed by atoms with van der Waals surface area (Å²) in [6, 6.07) is 5.00. The number of amides is 2. The predicted octanol–water partition coefficient (Wildman–Crippen LogP) is 2.17. The Balaban J connectivity index is 1.79. The van der Waals surface area contributed by atoms with Crippen molar-refractivity contribution in [3.63, 3.8) is 0 Å². The molecule has 4 N–H and O–H groups in total. The highest BCUT2D eigenvalue weighted by molar-refractivity contribution is 6.31. The fourth-order valence-corrected chi connectivity index (χ4v) is 3.26. The molecular formula is C17H24ClN3O3. The Labute approximate surface area is 147 Å². The number of benzene rings is 1. The van der Waals surface area contributed by atoms with Crippen LogP contribution in [0.5, 0.6) is 5.75 Å². The van der Waals surface area contributed by atoms with Crippen LogP contribution >= 0.6 is 11.6 Å². The number of anilines is 1. The Bertz CT molecular complexity index is 594. The number of nitrogens with two attached hydrogens (primary N) is 1. The molecular weight excluding hydrogens is 330 g/mol. The summed E-state index contributed by atoms with van der Waals surface area (Å²) < 4.78 is 5.18. The molecule has 1 aromatic carbocycles. The summed E-state index contributed by atoms with van der Waals surface area (Å²) in [4.78, 5) is 24.2. The standard InChI is InChI=1S/C17H24ClN3O3/c1-24-15-6-5-12(18)9-14(15)21-16(22)7-8-20-17(23)13-4-2-3-11(13)10-19/h5-6,9,11,13H,2-4,7-8,10,19H2,1H3,(H,20,23)(H,21,22)/t11-,13-/m1/s1. The number of methoxy groups -OCH3 is 1. The Morgan fingerprint density at radius 1 is 1.38 bits per heavy atom. The van der Waals surface area contributed by atoms with Crippen LogP contribution in [0, 0.1) is 11.8 Å². The molecule has 0 radical (unpaired) electrons. The van der Waals surface area contributed by atoms with Gasteiger partial charge in [-0.25, -0.2) is 0 Å². The van der Waals surface area contributed by atoms with Crippen molar-refractivity contribution < 1.29 is 14.3 Å². The van der Waals surface area contributed by atoms with E-state index in [0.717, 1.165) is 19.3 Å². The van der Waals surface area contributed by atoms with Crippen molar-refractivity contribution in [2.24, 2.45) is 17.6 Å². The second-order valence-electron chi connectivity index (χ2n) is 5.97. The molecule has 1 aromatic rings. The van der Waals surface area contributed by atoms with E-state index in [9.17, 15) is 9.59 Å². The molecule has 24 heavy (non-hydrogen) atoms. The van der Waals surface area contributed by atoms with Crippen LogP contribution in [-0.4, -0.2) is 32.0 Å². The molecule has 1 saturated carbocycles. The topological polar surface area (TPSA) is 93.5 Å². The first kappa shape index (κ1) is 18.5. The van der Waals surface area contributed by atoms with Crippen LogP contribution in [0.4, 0.5) is 5.69 Å². The summed E-state index contributed by atoms with van der Waals surface area (Å²) in [6.07, 6.45) is 3.10. The van der Waals surface area contributed by atoms with E-state index in [4.69, 9.17) is 22.1 Å². The minimum Gasteiger partial charge on any atom is -0.495 e. The zero-order valence-corrected chi connectivity index (χ0v) is 14.6. The SMILES string of the molecule is COc1ccc(Cl)cc1NC(=O)CCNC(=O)[C@@H]1CCC[C@@H]1CN. The van der Waals surface area contributed by atoms with Crippen molar-refractivity contribution in [3.8, 4) is 5.75 Å². The highest BCUT2D eigenvalue weighted by Crippen LogP contribution is 2.31. The van der Waals surface area contributed by atoms with Gasteiger partial charge in [0.25, 0.3) is 0 Å². The van der Waals surface area contributed by atoms with Crippen LogP contribution in [0.3, 0.4) is 0 Å². The smallest absolute Gasteiger partial charge is 0.226 e. The third-order valence-corrected chi connectivity index (χ3v) is 4.62. The van der Waals surface area contributed by atoms with Gasteiger partial charge in [-0.1, -0.05) is 18.0 Å². The maximum Gasteiger partial charge on any atom is 0.226 e. The molecule has 1 fully saturated rings. The number of hydrogen-bond donors (Lipinski definition) is 3. The quantitative estimate of drug-likeness (QED) is 0.700. The van der Waals surface area contributed by atoms with Gasteiger partial charge < -0.3 is 21.1 Å². The first-order valence-electron chi connectivity index (χ1n) is 8.16. The first-order chi connectivity index (χ1) is 11.5. The Hall–Kier alpha value is -1.79. The normalized spacial score (nSPS) is 19.8. The maximum atomic E-state index is 12.2. The van der Waals surface area contributed by atoms with Crippen molar-refractivity contribution in [1.82, 2.24) is 5.32 Å². The van der Waals surface area contributed by atoms with Gasteiger partial charge in [0, 0.05) is 23.9 Å². The second kappa shape index (κ2) is 8.89. The largest absolute Gasteiger partial charge is 0.495 e. The molecule has 0 aromatic heterocycles. The van der Waals surface area contributed by atoms with Gasteiger partial charge in [-0.2, -0.15) is 0 Å². The summed E-state index contributed by atoms with van der Waals surface area (Å²) >= 11 is 5.93. The van der Waals surface area contributed by atoms with Gasteiger partial charge in [-0.15, -0.1) is 0 Å². The highest BCUT2D eigenvalue weighted by atomic mass is 35.5. The number of hydrogen-bond acceptors (Lipinski definition) is 4. The molecule has 0 bridgehead atoms.